The largest absolute Gasteiger partial charge is 0.457 e. The van der Waals surface area contributed by atoms with Gasteiger partial charge >= 0.3 is 12.1 Å². The van der Waals surface area contributed by atoms with Gasteiger partial charge in [0.25, 0.3) is 0 Å². The van der Waals surface area contributed by atoms with Crippen molar-refractivity contribution in [1.29, 1.82) is 0 Å². The van der Waals surface area contributed by atoms with Crippen LogP contribution in [0.2, 0.25) is 0 Å². The molecule has 2 unspecified atom stereocenters. The smallest absolute Gasteiger partial charge is 0.408 e. The van der Waals surface area contributed by atoms with Crippen molar-refractivity contribution in [1.82, 2.24) is 10.6 Å². The summed E-state index contributed by atoms with van der Waals surface area (Å²) in [6.45, 7) is 0.399. The predicted molar refractivity (Wildman–Crippen MR) is 105 cm³/mol. The minimum Gasteiger partial charge on any atom is -0.457 e. The number of hydrogen-bond donors (Lipinski definition) is 2. The zero-order valence-corrected chi connectivity index (χ0v) is 15.6. The molecule has 2 atom stereocenters. The zero-order chi connectivity index (χ0) is 20.5. The van der Waals surface area contributed by atoms with E-state index in [0.717, 1.165) is 17.3 Å². The molecule has 2 N–H and O–H groups in total. The van der Waals surface area contributed by atoms with Crippen molar-refractivity contribution >= 4 is 24.2 Å². The molecule has 29 heavy (non-hydrogen) atoms. The molecule has 1 aliphatic heterocycles. The molecule has 2 amide bonds. The first-order chi connectivity index (χ1) is 14.1. The molecule has 1 heterocycles. The summed E-state index contributed by atoms with van der Waals surface area (Å²) in [5.74, 6) is -0.903. The Kier molecular flexibility index (Phi) is 6.94. The third-order valence-electron chi connectivity index (χ3n) is 4.22. The lowest BCUT2D eigenvalue weighted by molar-refractivity contribution is -0.136. The van der Waals surface area contributed by atoms with E-state index in [2.05, 4.69) is 15.6 Å². The van der Waals surface area contributed by atoms with Gasteiger partial charge in [-0.3, -0.25) is 9.79 Å². The fraction of sp³-hybridized carbons (Fsp3) is 0.238. The van der Waals surface area contributed by atoms with E-state index in [9.17, 15) is 14.4 Å². The van der Waals surface area contributed by atoms with Crippen molar-refractivity contribution in [2.45, 2.75) is 25.3 Å². The van der Waals surface area contributed by atoms with Crippen molar-refractivity contribution in [3.05, 3.63) is 71.8 Å². The van der Waals surface area contributed by atoms with Crippen molar-refractivity contribution in [2.24, 2.45) is 4.99 Å². The normalized spacial score (nSPS) is 17.9. The SMILES string of the molecule is O=C(/C=N/CC1NC(=O)C1NC(=O)OCc1ccccc1)OCc1ccccc1. The van der Waals surface area contributed by atoms with Gasteiger partial charge in [0.15, 0.2) is 0 Å². The Hall–Kier alpha value is -3.68. The lowest BCUT2D eigenvalue weighted by Gasteiger charge is -2.35. The van der Waals surface area contributed by atoms with Crippen LogP contribution in [-0.4, -0.2) is 42.8 Å². The third-order valence-corrected chi connectivity index (χ3v) is 4.22. The number of hydrogen-bond acceptors (Lipinski definition) is 6. The molecule has 1 fully saturated rings. The van der Waals surface area contributed by atoms with Gasteiger partial charge in [-0.05, 0) is 11.1 Å². The molecule has 0 aromatic heterocycles. The number of aliphatic imine (C=N–C) groups is 1. The lowest BCUT2D eigenvalue weighted by Crippen LogP contribution is -2.70. The van der Waals surface area contributed by atoms with E-state index < -0.39 is 24.1 Å². The molecule has 3 rings (SSSR count). The van der Waals surface area contributed by atoms with Gasteiger partial charge in [-0.1, -0.05) is 60.7 Å². The highest BCUT2D eigenvalue weighted by Gasteiger charge is 2.40. The molecule has 8 heteroatoms. The molecule has 1 aliphatic rings. The van der Waals surface area contributed by atoms with Crippen LogP contribution in [-0.2, 0) is 32.3 Å². The number of esters is 1. The quantitative estimate of drug-likeness (QED) is 0.401. The van der Waals surface area contributed by atoms with Crippen molar-refractivity contribution in [3.63, 3.8) is 0 Å². The topological polar surface area (TPSA) is 106 Å². The summed E-state index contributed by atoms with van der Waals surface area (Å²) in [6.07, 6.45) is 0.378. The number of benzene rings is 2. The van der Waals surface area contributed by atoms with E-state index in [4.69, 9.17) is 9.47 Å². The first-order valence-electron chi connectivity index (χ1n) is 9.10. The van der Waals surface area contributed by atoms with Crippen LogP contribution in [0.1, 0.15) is 11.1 Å². The van der Waals surface area contributed by atoms with Crippen LogP contribution >= 0.6 is 0 Å². The zero-order valence-electron chi connectivity index (χ0n) is 15.6. The molecule has 150 valence electrons. The maximum atomic E-state index is 11.9. The molecule has 8 nitrogen and oxygen atoms in total. The van der Waals surface area contributed by atoms with Gasteiger partial charge in [-0.15, -0.1) is 0 Å². The Balaban J connectivity index is 1.38. The van der Waals surface area contributed by atoms with Gasteiger partial charge in [0.2, 0.25) is 5.91 Å². The van der Waals surface area contributed by atoms with Crippen LogP contribution in [0.3, 0.4) is 0 Å². The van der Waals surface area contributed by atoms with Crippen LogP contribution in [0.15, 0.2) is 65.7 Å². The summed E-state index contributed by atoms with van der Waals surface area (Å²) < 4.78 is 10.2. The first kappa shape index (κ1) is 20.1. The highest BCUT2D eigenvalue weighted by molar-refractivity contribution is 6.23. The number of rotatable bonds is 8. The average Bonchev–Trinajstić information content (AvgIpc) is 2.75. The molecular formula is C21H21N3O5. The second-order valence-electron chi connectivity index (χ2n) is 6.39. The number of nitrogens with zero attached hydrogens (tertiary/aromatic N) is 1. The predicted octanol–water partition coefficient (Wildman–Crippen LogP) is 1.59. The molecule has 2 aromatic rings. The van der Waals surface area contributed by atoms with Gasteiger partial charge < -0.3 is 20.1 Å². The van der Waals surface area contributed by atoms with Crippen molar-refractivity contribution < 1.29 is 23.9 Å². The monoisotopic (exact) mass is 395 g/mol. The number of alkyl carbamates (subject to hydrolysis) is 1. The minimum absolute atomic E-state index is 0.108. The summed E-state index contributed by atoms with van der Waals surface area (Å²) in [7, 11) is 0. The summed E-state index contributed by atoms with van der Waals surface area (Å²) in [5, 5.41) is 5.14. The maximum absolute atomic E-state index is 11.9. The summed E-state index contributed by atoms with van der Waals surface area (Å²) >= 11 is 0. The fourth-order valence-corrected chi connectivity index (χ4v) is 2.66. The molecule has 0 aliphatic carbocycles. The highest BCUT2D eigenvalue weighted by Crippen LogP contribution is 2.08. The second-order valence-corrected chi connectivity index (χ2v) is 6.39. The number of β-lactam (4-membered cyclic amide) rings is 1. The number of nitrogens with one attached hydrogen (secondary N) is 2. The maximum Gasteiger partial charge on any atom is 0.408 e. The van der Waals surface area contributed by atoms with Crippen molar-refractivity contribution in [3.8, 4) is 0 Å². The molecule has 0 bridgehead atoms. The Morgan fingerprint density at radius 2 is 1.55 bits per heavy atom. The van der Waals surface area contributed by atoms with Crippen LogP contribution in [0.25, 0.3) is 0 Å². The molecule has 0 radical (unpaired) electrons. The number of carbonyl (C=O) groups excluding carboxylic acids is 3. The molecule has 2 aromatic carbocycles. The Morgan fingerprint density at radius 1 is 0.966 bits per heavy atom. The lowest BCUT2D eigenvalue weighted by atomic mass is 9.99. The minimum atomic E-state index is -0.754. The van der Waals surface area contributed by atoms with Gasteiger partial charge in [-0.25, -0.2) is 9.59 Å². The first-order valence-corrected chi connectivity index (χ1v) is 9.10. The number of carbonyl (C=O) groups is 3. The summed E-state index contributed by atoms with van der Waals surface area (Å²) in [4.78, 5) is 39.3. The van der Waals surface area contributed by atoms with E-state index in [1.54, 1.807) is 0 Å². The van der Waals surface area contributed by atoms with E-state index in [-0.39, 0.29) is 25.7 Å². The highest BCUT2D eigenvalue weighted by atomic mass is 16.5. The third kappa shape index (κ3) is 6.17. The van der Waals surface area contributed by atoms with Gasteiger partial charge in [0, 0.05) is 0 Å². The molecule has 0 saturated carbocycles. The van der Waals surface area contributed by atoms with E-state index in [1.807, 2.05) is 60.7 Å². The van der Waals surface area contributed by atoms with Gasteiger partial charge in [0.05, 0.1) is 12.6 Å². The van der Waals surface area contributed by atoms with E-state index in [1.165, 1.54) is 0 Å². The average molecular weight is 395 g/mol. The fourth-order valence-electron chi connectivity index (χ4n) is 2.66. The van der Waals surface area contributed by atoms with Crippen LogP contribution in [0.5, 0.6) is 0 Å². The van der Waals surface area contributed by atoms with Crippen LogP contribution in [0, 0.1) is 0 Å². The van der Waals surface area contributed by atoms with Gasteiger partial charge in [0.1, 0.15) is 25.5 Å². The Morgan fingerprint density at radius 3 is 2.14 bits per heavy atom. The van der Waals surface area contributed by atoms with Crippen LogP contribution < -0.4 is 10.6 Å². The van der Waals surface area contributed by atoms with E-state index >= 15 is 0 Å². The number of ether oxygens (including phenoxy) is 2. The number of amides is 2. The summed E-state index contributed by atoms with van der Waals surface area (Å²) in [6, 6.07) is 17.3. The van der Waals surface area contributed by atoms with Crippen LogP contribution in [0.4, 0.5) is 4.79 Å². The molecular weight excluding hydrogens is 374 g/mol. The Labute approximate surface area is 167 Å². The Bertz CT molecular complexity index is 870. The molecule has 1 saturated heterocycles. The van der Waals surface area contributed by atoms with E-state index in [0.29, 0.717) is 0 Å². The van der Waals surface area contributed by atoms with Crippen molar-refractivity contribution in [2.75, 3.05) is 6.54 Å². The molecule has 0 spiro atoms. The second kappa shape index (κ2) is 10.0. The standard InChI is InChI=1S/C21H21N3O5/c25-18(28-13-15-7-3-1-4-8-15)12-22-11-17-19(20(26)23-17)24-21(27)29-14-16-9-5-2-6-10-16/h1-10,12,17,19H,11,13-14H2,(H,23,26)(H,24,27)/b22-12+. The van der Waals surface area contributed by atoms with Gasteiger partial charge in [-0.2, -0.15) is 0 Å². The summed E-state index contributed by atoms with van der Waals surface area (Å²) in [5.41, 5.74) is 1.72.